The zero-order chi connectivity index (χ0) is 13.9. The van der Waals surface area contributed by atoms with Crippen LogP contribution in [0.1, 0.15) is 28.9 Å². The minimum atomic E-state index is -0.172. The third-order valence-corrected chi connectivity index (χ3v) is 4.33. The lowest BCUT2D eigenvalue weighted by Gasteiger charge is -2.00. The van der Waals surface area contributed by atoms with Crippen molar-refractivity contribution < 1.29 is 9.59 Å². The molecule has 0 aromatic carbocycles. The number of nitrogens with zero attached hydrogens (tertiary/aromatic N) is 1. The number of thiophene rings is 1. The Balaban J connectivity index is 1.56. The molecule has 2 aromatic rings. The van der Waals surface area contributed by atoms with Gasteiger partial charge >= 0.3 is 0 Å². The Labute approximate surface area is 124 Å². The Kier molecular flexibility index (Phi) is 3.79. The van der Waals surface area contributed by atoms with Gasteiger partial charge in [-0.05, 0) is 24.3 Å². The highest BCUT2D eigenvalue weighted by Gasteiger charge is 2.23. The Hall–Kier alpha value is -1.73. The van der Waals surface area contributed by atoms with Crippen molar-refractivity contribution in [3.63, 3.8) is 0 Å². The molecule has 0 atom stereocenters. The van der Waals surface area contributed by atoms with Gasteiger partial charge in [0.15, 0.2) is 5.13 Å². The average Bonchev–Trinajstić information content (AvgIpc) is 2.93. The average molecular weight is 307 g/mol. The maximum atomic E-state index is 11.8. The number of anilines is 1. The second kappa shape index (κ2) is 5.72. The summed E-state index contributed by atoms with van der Waals surface area (Å²) in [6.45, 7) is 0. The van der Waals surface area contributed by atoms with Crippen molar-refractivity contribution in [2.24, 2.45) is 0 Å². The standard InChI is InChI=1S/C13H13N3O2S2/c17-11(14-9-1-2-9)5-10-7-20-13(15-10)16-12(18)8-3-4-19-6-8/h3-4,6-7,9H,1-2,5H2,(H,14,17)(H,15,16,18). The molecule has 2 amide bonds. The first-order valence-electron chi connectivity index (χ1n) is 6.28. The van der Waals surface area contributed by atoms with Gasteiger partial charge in [0.2, 0.25) is 5.91 Å². The third kappa shape index (κ3) is 3.43. The lowest BCUT2D eigenvalue weighted by molar-refractivity contribution is -0.120. The summed E-state index contributed by atoms with van der Waals surface area (Å²) in [5.74, 6) is -0.178. The zero-order valence-electron chi connectivity index (χ0n) is 10.6. The van der Waals surface area contributed by atoms with Crippen molar-refractivity contribution in [3.05, 3.63) is 33.5 Å². The summed E-state index contributed by atoms with van der Waals surface area (Å²) in [6, 6.07) is 2.12. The number of thiazole rings is 1. The Morgan fingerprint density at radius 2 is 2.20 bits per heavy atom. The topological polar surface area (TPSA) is 71.1 Å². The summed E-state index contributed by atoms with van der Waals surface area (Å²) >= 11 is 2.80. The first-order chi connectivity index (χ1) is 9.70. The van der Waals surface area contributed by atoms with Crippen LogP contribution in [0.5, 0.6) is 0 Å². The van der Waals surface area contributed by atoms with Crippen LogP contribution in [-0.2, 0) is 11.2 Å². The van der Waals surface area contributed by atoms with E-state index in [0.717, 1.165) is 12.8 Å². The number of nitrogens with one attached hydrogen (secondary N) is 2. The summed E-state index contributed by atoms with van der Waals surface area (Å²) in [5, 5.41) is 11.6. The van der Waals surface area contributed by atoms with Crippen molar-refractivity contribution >= 4 is 39.6 Å². The Morgan fingerprint density at radius 1 is 1.35 bits per heavy atom. The highest BCUT2D eigenvalue weighted by molar-refractivity contribution is 7.14. The Bertz CT molecular complexity index is 617. The van der Waals surface area contributed by atoms with Gasteiger partial charge < -0.3 is 5.32 Å². The number of hydrogen-bond donors (Lipinski definition) is 2. The number of rotatable bonds is 5. The molecule has 0 radical (unpaired) electrons. The molecule has 1 aliphatic carbocycles. The molecule has 0 saturated heterocycles. The number of hydrogen-bond acceptors (Lipinski definition) is 5. The molecule has 0 aliphatic heterocycles. The summed E-state index contributed by atoms with van der Waals surface area (Å²) in [4.78, 5) is 27.7. The summed E-state index contributed by atoms with van der Waals surface area (Å²) in [5.41, 5.74) is 1.31. The number of aromatic nitrogens is 1. The second-order valence-electron chi connectivity index (χ2n) is 4.63. The van der Waals surface area contributed by atoms with Crippen LogP contribution in [0.2, 0.25) is 0 Å². The van der Waals surface area contributed by atoms with Crippen LogP contribution in [0.3, 0.4) is 0 Å². The number of carbonyl (C=O) groups is 2. The van der Waals surface area contributed by atoms with Crippen LogP contribution in [0.4, 0.5) is 5.13 Å². The fourth-order valence-electron chi connectivity index (χ4n) is 1.68. The van der Waals surface area contributed by atoms with E-state index in [1.165, 1.54) is 22.7 Å². The molecule has 7 heteroatoms. The predicted molar refractivity (Wildman–Crippen MR) is 79.3 cm³/mol. The highest BCUT2D eigenvalue weighted by Crippen LogP contribution is 2.20. The summed E-state index contributed by atoms with van der Waals surface area (Å²) in [7, 11) is 0. The molecule has 0 unspecified atom stereocenters. The van der Waals surface area contributed by atoms with Crippen LogP contribution in [0, 0.1) is 0 Å². The smallest absolute Gasteiger partial charge is 0.258 e. The fraction of sp³-hybridized carbons (Fsp3) is 0.308. The van der Waals surface area contributed by atoms with E-state index in [-0.39, 0.29) is 18.2 Å². The Morgan fingerprint density at radius 3 is 2.90 bits per heavy atom. The molecule has 104 valence electrons. The first kappa shape index (κ1) is 13.3. The molecule has 1 saturated carbocycles. The zero-order valence-corrected chi connectivity index (χ0v) is 12.2. The predicted octanol–water partition coefficient (Wildman–Crippen LogP) is 2.28. The van der Waals surface area contributed by atoms with Gasteiger partial charge in [-0.1, -0.05) is 0 Å². The minimum absolute atomic E-state index is 0.00601. The van der Waals surface area contributed by atoms with E-state index in [4.69, 9.17) is 0 Å². The first-order valence-corrected chi connectivity index (χ1v) is 8.10. The second-order valence-corrected chi connectivity index (χ2v) is 6.27. The molecule has 2 aromatic heterocycles. The van der Waals surface area contributed by atoms with E-state index in [9.17, 15) is 9.59 Å². The van der Waals surface area contributed by atoms with Gasteiger partial charge in [0.05, 0.1) is 17.7 Å². The van der Waals surface area contributed by atoms with Gasteiger partial charge in [0.1, 0.15) is 0 Å². The molecular formula is C13H13N3O2S2. The van der Waals surface area contributed by atoms with E-state index in [2.05, 4.69) is 15.6 Å². The molecular weight excluding hydrogens is 294 g/mol. The molecule has 0 spiro atoms. The van der Waals surface area contributed by atoms with Gasteiger partial charge in [-0.3, -0.25) is 14.9 Å². The van der Waals surface area contributed by atoms with Crippen molar-refractivity contribution in [2.75, 3.05) is 5.32 Å². The van der Waals surface area contributed by atoms with Gasteiger partial charge in [-0.2, -0.15) is 11.3 Å². The quantitative estimate of drug-likeness (QED) is 0.890. The molecule has 20 heavy (non-hydrogen) atoms. The molecule has 5 nitrogen and oxygen atoms in total. The van der Waals surface area contributed by atoms with E-state index < -0.39 is 0 Å². The normalized spacial score (nSPS) is 14.0. The minimum Gasteiger partial charge on any atom is -0.353 e. The van der Waals surface area contributed by atoms with Crippen molar-refractivity contribution in [2.45, 2.75) is 25.3 Å². The van der Waals surface area contributed by atoms with Crippen molar-refractivity contribution in [1.82, 2.24) is 10.3 Å². The molecule has 2 heterocycles. The van der Waals surface area contributed by atoms with Gasteiger partial charge in [-0.15, -0.1) is 11.3 Å². The highest BCUT2D eigenvalue weighted by atomic mass is 32.1. The number of amides is 2. The fourth-order valence-corrected chi connectivity index (χ4v) is 3.02. The van der Waals surface area contributed by atoms with Gasteiger partial charge in [-0.25, -0.2) is 4.98 Å². The van der Waals surface area contributed by atoms with Crippen molar-refractivity contribution in [1.29, 1.82) is 0 Å². The van der Waals surface area contributed by atoms with E-state index in [1.807, 2.05) is 5.38 Å². The van der Waals surface area contributed by atoms with E-state index >= 15 is 0 Å². The monoisotopic (exact) mass is 307 g/mol. The number of carbonyl (C=O) groups excluding carboxylic acids is 2. The van der Waals surface area contributed by atoms with Crippen LogP contribution in [0.15, 0.2) is 22.2 Å². The molecule has 1 aliphatic rings. The maximum absolute atomic E-state index is 11.8. The van der Waals surface area contributed by atoms with Crippen molar-refractivity contribution in [3.8, 4) is 0 Å². The summed E-state index contributed by atoms with van der Waals surface area (Å²) < 4.78 is 0. The van der Waals surface area contributed by atoms with Crippen LogP contribution >= 0.6 is 22.7 Å². The molecule has 0 bridgehead atoms. The SMILES string of the molecule is O=C(Cc1csc(NC(=O)c2ccsc2)n1)NC1CC1. The lowest BCUT2D eigenvalue weighted by Crippen LogP contribution is -2.27. The summed E-state index contributed by atoms with van der Waals surface area (Å²) in [6.07, 6.45) is 2.41. The van der Waals surface area contributed by atoms with Crippen LogP contribution in [0.25, 0.3) is 0 Å². The molecule has 2 N–H and O–H groups in total. The van der Waals surface area contributed by atoms with Gasteiger partial charge in [0, 0.05) is 16.8 Å². The molecule has 1 fully saturated rings. The van der Waals surface area contributed by atoms with Crippen LogP contribution < -0.4 is 10.6 Å². The lowest BCUT2D eigenvalue weighted by atomic mass is 10.3. The van der Waals surface area contributed by atoms with E-state index in [0.29, 0.717) is 22.4 Å². The molecule has 3 rings (SSSR count). The third-order valence-electron chi connectivity index (χ3n) is 2.84. The largest absolute Gasteiger partial charge is 0.353 e. The van der Waals surface area contributed by atoms with Gasteiger partial charge in [0.25, 0.3) is 5.91 Å². The maximum Gasteiger partial charge on any atom is 0.258 e. The van der Waals surface area contributed by atoms with Crippen LogP contribution in [-0.4, -0.2) is 22.8 Å². The van der Waals surface area contributed by atoms with E-state index in [1.54, 1.807) is 16.8 Å².